The van der Waals surface area contributed by atoms with Gasteiger partial charge in [0.2, 0.25) is 16.6 Å². The van der Waals surface area contributed by atoms with E-state index in [9.17, 15) is 9.59 Å². The molecule has 1 aliphatic rings. The number of aromatic nitrogens is 1. The maximum Gasteiger partial charge on any atom is 0.243 e. The van der Waals surface area contributed by atoms with Gasteiger partial charge >= 0.3 is 0 Å². The van der Waals surface area contributed by atoms with Gasteiger partial charge in [0.05, 0.1) is 22.5 Å². The topological polar surface area (TPSA) is 79.1 Å². The zero-order valence-electron chi connectivity index (χ0n) is 16.0. The summed E-state index contributed by atoms with van der Waals surface area (Å²) >= 11 is 1.50. The van der Waals surface area contributed by atoms with Crippen LogP contribution < -0.4 is 10.2 Å². The maximum atomic E-state index is 12.4. The van der Waals surface area contributed by atoms with Crippen LogP contribution in [0, 0.1) is 0 Å². The molecule has 8 heteroatoms. The highest BCUT2D eigenvalue weighted by Gasteiger charge is 2.21. The quantitative estimate of drug-likeness (QED) is 0.660. The fraction of sp³-hybridized carbons (Fsp3) is 0.238. The van der Waals surface area contributed by atoms with Crippen LogP contribution in [0.25, 0.3) is 10.2 Å². The molecule has 0 aliphatic carbocycles. The highest BCUT2D eigenvalue weighted by Crippen LogP contribution is 2.16. The minimum atomic E-state index is -0.290. The Bertz CT molecular complexity index is 1150. The van der Waals surface area contributed by atoms with Gasteiger partial charge in [0, 0.05) is 26.3 Å². The van der Waals surface area contributed by atoms with Crippen molar-refractivity contribution in [1.82, 2.24) is 15.0 Å². The van der Waals surface area contributed by atoms with Gasteiger partial charge in [-0.15, -0.1) is 5.10 Å². The zero-order valence-corrected chi connectivity index (χ0v) is 16.9. The molecule has 1 N–H and O–H groups in total. The summed E-state index contributed by atoms with van der Waals surface area (Å²) in [4.78, 5) is 25.2. The molecule has 0 radical (unpaired) electrons. The molecule has 0 bridgehead atoms. The minimum absolute atomic E-state index is 0.0730. The van der Waals surface area contributed by atoms with Gasteiger partial charge < -0.3 is 4.57 Å². The summed E-state index contributed by atoms with van der Waals surface area (Å²) in [5, 5.41) is 10.1. The van der Waals surface area contributed by atoms with Crippen molar-refractivity contribution in [3.05, 3.63) is 65.0 Å². The number of amides is 2. The summed E-state index contributed by atoms with van der Waals surface area (Å²) in [5.74, 6) is -0.444. The van der Waals surface area contributed by atoms with E-state index in [2.05, 4.69) is 15.6 Å². The summed E-state index contributed by atoms with van der Waals surface area (Å²) in [6, 6.07) is 17.8. The largest absolute Gasteiger partial charge is 0.318 e. The number of aryl methyl sites for hydroxylation is 1. The van der Waals surface area contributed by atoms with Crippen LogP contribution in [0.3, 0.4) is 0 Å². The van der Waals surface area contributed by atoms with E-state index in [1.54, 1.807) is 0 Å². The third kappa shape index (κ3) is 4.27. The molecule has 0 spiro atoms. The van der Waals surface area contributed by atoms with Crippen molar-refractivity contribution in [2.45, 2.75) is 19.3 Å². The number of nitrogens with zero attached hydrogens (tertiary/aromatic N) is 4. The molecule has 0 saturated heterocycles. The van der Waals surface area contributed by atoms with Gasteiger partial charge in [0.1, 0.15) is 0 Å². The number of benzene rings is 2. The van der Waals surface area contributed by atoms with E-state index in [1.807, 2.05) is 66.2 Å². The lowest BCUT2D eigenvalue weighted by atomic mass is 10.1. The average Bonchev–Trinajstić information content (AvgIpc) is 3.37. The molecule has 2 aromatic carbocycles. The second-order valence-electron chi connectivity index (χ2n) is 6.74. The van der Waals surface area contributed by atoms with Crippen molar-refractivity contribution in [2.24, 2.45) is 17.3 Å². The third-order valence-corrected chi connectivity index (χ3v) is 5.87. The number of thiazole rings is 1. The van der Waals surface area contributed by atoms with Gasteiger partial charge in [0.25, 0.3) is 0 Å². The number of para-hydroxylation sites is 1. The maximum absolute atomic E-state index is 12.4. The van der Waals surface area contributed by atoms with Crippen LogP contribution >= 0.6 is 11.3 Å². The average molecular weight is 407 g/mol. The molecule has 2 heterocycles. The number of fused-ring (bicyclic) bond motifs is 1. The summed E-state index contributed by atoms with van der Waals surface area (Å²) in [7, 11) is 1.91. The number of rotatable bonds is 5. The molecule has 0 fully saturated rings. The van der Waals surface area contributed by atoms with E-state index in [4.69, 9.17) is 0 Å². The second kappa shape index (κ2) is 8.40. The van der Waals surface area contributed by atoms with E-state index in [1.165, 1.54) is 16.3 Å². The van der Waals surface area contributed by atoms with Gasteiger partial charge in [-0.2, -0.15) is 5.10 Å². The van der Waals surface area contributed by atoms with E-state index in [-0.39, 0.29) is 24.7 Å². The second-order valence-corrected chi connectivity index (χ2v) is 7.75. The SMILES string of the molecule is Cn1/c(=N/NC(=O)CCC(=O)N2CCC(c3ccccc3)=N2)sc2ccccc21. The Labute approximate surface area is 172 Å². The highest BCUT2D eigenvalue weighted by atomic mass is 32.1. The van der Waals surface area contributed by atoms with Crippen molar-refractivity contribution < 1.29 is 9.59 Å². The van der Waals surface area contributed by atoms with E-state index in [0.717, 1.165) is 27.9 Å². The van der Waals surface area contributed by atoms with Gasteiger partial charge in [-0.25, -0.2) is 10.4 Å². The molecule has 0 unspecified atom stereocenters. The van der Waals surface area contributed by atoms with Crippen LogP contribution in [0.1, 0.15) is 24.8 Å². The molecular weight excluding hydrogens is 386 g/mol. The van der Waals surface area contributed by atoms with Gasteiger partial charge in [-0.05, 0) is 17.7 Å². The number of hydrazone groups is 1. The van der Waals surface area contributed by atoms with Crippen molar-refractivity contribution in [1.29, 1.82) is 0 Å². The van der Waals surface area contributed by atoms with Crippen LogP contribution in [-0.4, -0.2) is 33.6 Å². The smallest absolute Gasteiger partial charge is 0.243 e. The fourth-order valence-corrected chi connectivity index (χ4v) is 4.15. The monoisotopic (exact) mass is 407 g/mol. The van der Waals surface area contributed by atoms with Gasteiger partial charge in [-0.3, -0.25) is 9.59 Å². The Hall–Kier alpha value is -3.26. The molecule has 0 atom stereocenters. The third-order valence-electron chi connectivity index (χ3n) is 4.75. The summed E-state index contributed by atoms with van der Waals surface area (Å²) < 4.78 is 3.02. The number of hydrogen-bond donors (Lipinski definition) is 1. The Balaban J connectivity index is 1.33. The Morgan fingerprint density at radius 3 is 2.66 bits per heavy atom. The normalized spacial score (nSPS) is 14.3. The first kappa shape index (κ1) is 19.1. The number of carbonyl (C=O) groups excluding carboxylic acids is 2. The molecule has 3 aromatic rings. The van der Waals surface area contributed by atoms with E-state index >= 15 is 0 Å². The van der Waals surface area contributed by atoms with Crippen LogP contribution in [0.4, 0.5) is 0 Å². The van der Waals surface area contributed by atoms with Crippen LogP contribution in [0.5, 0.6) is 0 Å². The van der Waals surface area contributed by atoms with Crippen LogP contribution in [-0.2, 0) is 16.6 Å². The van der Waals surface area contributed by atoms with Crippen molar-refractivity contribution in [3.63, 3.8) is 0 Å². The predicted molar refractivity (Wildman–Crippen MR) is 113 cm³/mol. The lowest BCUT2D eigenvalue weighted by Gasteiger charge is -2.10. The van der Waals surface area contributed by atoms with E-state index < -0.39 is 0 Å². The fourth-order valence-electron chi connectivity index (χ4n) is 3.17. The molecule has 1 aliphatic heterocycles. The highest BCUT2D eigenvalue weighted by molar-refractivity contribution is 7.16. The summed E-state index contributed by atoms with van der Waals surface area (Å²) in [5.41, 5.74) is 5.53. The minimum Gasteiger partial charge on any atom is -0.318 e. The van der Waals surface area contributed by atoms with Crippen LogP contribution in [0.15, 0.2) is 64.8 Å². The predicted octanol–water partition coefficient (Wildman–Crippen LogP) is 2.59. The molecule has 148 valence electrons. The lowest BCUT2D eigenvalue weighted by Crippen LogP contribution is -2.27. The molecule has 0 saturated carbocycles. The van der Waals surface area contributed by atoms with Crippen molar-refractivity contribution in [3.8, 4) is 0 Å². The number of nitrogens with one attached hydrogen (secondary N) is 1. The van der Waals surface area contributed by atoms with Gasteiger partial charge in [-0.1, -0.05) is 53.8 Å². The first-order chi connectivity index (χ1) is 14.1. The van der Waals surface area contributed by atoms with Crippen molar-refractivity contribution in [2.75, 3.05) is 6.54 Å². The standard InChI is InChI=1S/C21H21N5O2S/c1-25-17-9-5-6-10-18(17)29-21(25)23-22-19(27)11-12-20(28)26-14-13-16(24-26)15-7-3-2-4-8-15/h2-10H,11-14H2,1H3,(H,22,27)/b23-21-. The molecule has 1 aromatic heterocycles. The molecule has 29 heavy (non-hydrogen) atoms. The first-order valence-corrected chi connectivity index (χ1v) is 10.2. The molecule has 7 nitrogen and oxygen atoms in total. The van der Waals surface area contributed by atoms with Crippen LogP contribution in [0.2, 0.25) is 0 Å². The number of hydrogen-bond acceptors (Lipinski definition) is 5. The van der Waals surface area contributed by atoms with Gasteiger partial charge in [0.15, 0.2) is 0 Å². The Kier molecular flexibility index (Phi) is 5.53. The Morgan fingerprint density at radius 2 is 1.86 bits per heavy atom. The lowest BCUT2D eigenvalue weighted by molar-refractivity contribution is -0.133. The Morgan fingerprint density at radius 1 is 1.10 bits per heavy atom. The summed E-state index contributed by atoms with van der Waals surface area (Å²) in [6.45, 7) is 0.548. The molecular formula is C21H21N5O2S. The number of carbonyl (C=O) groups is 2. The van der Waals surface area contributed by atoms with E-state index in [0.29, 0.717) is 11.3 Å². The first-order valence-electron chi connectivity index (χ1n) is 9.42. The zero-order chi connectivity index (χ0) is 20.2. The molecule has 2 amide bonds. The summed E-state index contributed by atoms with van der Waals surface area (Å²) in [6.07, 6.45) is 0.898. The molecule has 4 rings (SSSR count). The van der Waals surface area contributed by atoms with Crippen molar-refractivity contribution >= 4 is 39.1 Å².